The molecule has 106 valence electrons. The van der Waals surface area contributed by atoms with Gasteiger partial charge in [0, 0.05) is 30.2 Å². The fraction of sp³-hybridized carbons (Fsp3) is 0.333. The van der Waals surface area contributed by atoms with Gasteiger partial charge >= 0.3 is 0 Å². The predicted octanol–water partition coefficient (Wildman–Crippen LogP) is 2.64. The van der Waals surface area contributed by atoms with Gasteiger partial charge in [-0.3, -0.25) is 4.98 Å². The van der Waals surface area contributed by atoms with Gasteiger partial charge in [0.05, 0.1) is 18.4 Å². The summed E-state index contributed by atoms with van der Waals surface area (Å²) >= 11 is 0. The molecule has 0 saturated heterocycles. The summed E-state index contributed by atoms with van der Waals surface area (Å²) in [4.78, 5) is 12.9. The minimum absolute atomic E-state index is 0.512. The second kappa shape index (κ2) is 5.12. The Morgan fingerprint density at radius 1 is 1.29 bits per heavy atom. The highest BCUT2D eigenvalue weighted by Crippen LogP contribution is 2.35. The molecule has 0 aromatic carbocycles. The van der Waals surface area contributed by atoms with E-state index < -0.39 is 0 Å². The molecule has 3 heterocycles. The molecule has 0 aliphatic heterocycles. The molecule has 1 fully saturated rings. The monoisotopic (exact) mass is 281 g/mol. The Kier molecular flexibility index (Phi) is 2.99. The van der Waals surface area contributed by atoms with Crippen LogP contribution in [0.2, 0.25) is 0 Å². The van der Waals surface area contributed by atoms with Crippen molar-refractivity contribution in [2.24, 2.45) is 0 Å². The zero-order valence-electron chi connectivity index (χ0n) is 11.5. The van der Waals surface area contributed by atoms with Crippen molar-refractivity contribution in [3.8, 4) is 11.5 Å². The first-order chi connectivity index (χ1) is 10.4. The smallest absolute Gasteiger partial charge is 0.259 e. The highest BCUT2D eigenvalue weighted by atomic mass is 16.5. The van der Waals surface area contributed by atoms with E-state index in [9.17, 15) is 0 Å². The van der Waals surface area contributed by atoms with Gasteiger partial charge in [0.1, 0.15) is 0 Å². The number of aromatic nitrogens is 5. The molecule has 6 heteroatoms. The summed E-state index contributed by atoms with van der Waals surface area (Å²) in [6, 6.07) is 4.08. The quantitative estimate of drug-likeness (QED) is 0.735. The molecule has 1 aliphatic rings. The Bertz CT molecular complexity index is 713. The van der Waals surface area contributed by atoms with E-state index in [2.05, 4.69) is 26.2 Å². The van der Waals surface area contributed by atoms with Crippen molar-refractivity contribution in [1.29, 1.82) is 0 Å². The van der Waals surface area contributed by atoms with E-state index in [-0.39, 0.29) is 0 Å². The third kappa shape index (κ3) is 2.44. The second-order valence-electron chi connectivity index (χ2n) is 5.35. The van der Waals surface area contributed by atoms with Gasteiger partial charge in [0.15, 0.2) is 5.82 Å². The summed E-state index contributed by atoms with van der Waals surface area (Å²) in [5.41, 5.74) is 2.03. The normalized spacial score (nSPS) is 15.0. The maximum Gasteiger partial charge on any atom is 0.259 e. The fourth-order valence-corrected chi connectivity index (χ4v) is 2.46. The first-order valence-electron chi connectivity index (χ1n) is 7.13. The van der Waals surface area contributed by atoms with Crippen molar-refractivity contribution in [3.63, 3.8) is 0 Å². The van der Waals surface area contributed by atoms with Crippen LogP contribution in [0.5, 0.6) is 0 Å². The molecule has 0 N–H and O–H groups in total. The van der Waals surface area contributed by atoms with Crippen LogP contribution in [0.25, 0.3) is 11.5 Å². The number of rotatable bonds is 4. The van der Waals surface area contributed by atoms with Gasteiger partial charge in [-0.2, -0.15) is 4.98 Å². The standard InChI is InChI=1S/C15H15N5O/c1-2-11(3-1)13-5-4-12(8-17-13)15-18-14(19-21-15)9-20-7-6-16-10-20/h4-8,10-11H,1-3,9H2. The predicted molar refractivity (Wildman–Crippen MR) is 75.5 cm³/mol. The summed E-state index contributed by atoms with van der Waals surface area (Å²) in [7, 11) is 0. The van der Waals surface area contributed by atoms with Crippen molar-refractivity contribution in [3.05, 3.63) is 48.6 Å². The van der Waals surface area contributed by atoms with Gasteiger partial charge in [0.25, 0.3) is 5.89 Å². The lowest BCUT2D eigenvalue weighted by Crippen LogP contribution is -2.10. The van der Waals surface area contributed by atoms with Gasteiger partial charge in [-0.25, -0.2) is 4.98 Å². The molecule has 0 spiro atoms. The van der Waals surface area contributed by atoms with Crippen molar-refractivity contribution in [2.75, 3.05) is 0 Å². The maximum atomic E-state index is 5.31. The van der Waals surface area contributed by atoms with Crippen molar-refractivity contribution in [1.82, 2.24) is 24.7 Å². The molecule has 4 rings (SSSR count). The molecule has 1 saturated carbocycles. The zero-order valence-corrected chi connectivity index (χ0v) is 11.5. The Balaban J connectivity index is 1.51. The highest BCUT2D eigenvalue weighted by Gasteiger charge is 2.20. The number of hydrogen-bond donors (Lipinski definition) is 0. The summed E-state index contributed by atoms with van der Waals surface area (Å²) < 4.78 is 7.20. The molecule has 0 atom stereocenters. The SMILES string of the molecule is c1cn(Cc2noc(-c3ccc(C4CCC4)nc3)n2)cn1. The average Bonchev–Trinajstić information content (AvgIpc) is 3.10. The van der Waals surface area contributed by atoms with Crippen molar-refractivity contribution in [2.45, 2.75) is 31.7 Å². The summed E-state index contributed by atoms with van der Waals surface area (Å²) in [5.74, 6) is 1.78. The molecule has 0 amide bonds. The number of imidazole rings is 1. The summed E-state index contributed by atoms with van der Waals surface area (Å²) in [6.45, 7) is 0.553. The van der Waals surface area contributed by atoms with Crippen molar-refractivity contribution < 1.29 is 4.52 Å². The first-order valence-corrected chi connectivity index (χ1v) is 7.13. The second-order valence-corrected chi connectivity index (χ2v) is 5.35. The molecule has 0 unspecified atom stereocenters. The average molecular weight is 281 g/mol. The maximum absolute atomic E-state index is 5.31. The van der Waals surface area contributed by atoms with E-state index in [4.69, 9.17) is 4.52 Å². The molecule has 21 heavy (non-hydrogen) atoms. The Labute approximate surface area is 121 Å². The number of hydrogen-bond acceptors (Lipinski definition) is 5. The molecule has 6 nitrogen and oxygen atoms in total. The van der Waals surface area contributed by atoms with Gasteiger partial charge in [-0.05, 0) is 25.0 Å². The molecular weight excluding hydrogens is 266 g/mol. The van der Waals surface area contributed by atoms with Crippen LogP contribution < -0.4 is 0 Å². The third-order valence-corrected chi connectivity index (χ3v) is 3.91. The van der Waals surface area contributed by atoms with E-state index in [1.807, 2.05) is 23.0 Å². The van der Waals surface area contributed by atoms with Crippen LogP contribution in [0.1, 0.15) is 36.7 Å². The van der Waals surface area contributed by atoms with Crippen molar-refractivity contribution >= 4 is 0 Å². The lowest BCUT2D eigenvalue weighted by Gasteiger charge is -2.24. The van der Waals surface area contributed by atoms with E-state index in [1.165, 1.54) is 25.0 Å². The van der Waals surface area contributed by atoms with Crippen LogP contribution in [0, 0.1) is 0 Å². The lowest BCUT2D eigenvalue weighted by atomic mass is 9.82. The van der Waals surface area contributed by atoms with Crippen LogP contribution in [-0.4, -0.2) is 24.7 Å². The van der Waals surface area contributed by atoms with Gasteiger partial charge < -0.3 is 9.09 Å². The largest absolute Gasteiger partial charge is 0.334 e. The topological polar surface area (TPSA) is 69.6 Å². The first kappa shape index (κ1) is 12.3. The van der Waals surface area contributed by atoms with Gasteiger partial charge in [-0.15, -0.1) is 0 Å². The van der Waals surface area contributed by atoms with E-state index >= 15 is 0 Å². The molecule has 1 aliphatic carbocycles. The van der Waals surface area contributed by atoms with Crippen LogP contribution in [0.3, 0.4) is 0 Å². The van der Waals surface area contributed by atoms with Gasteiger partial charge in [-0.1, -0.05) is 11.6 Å². The summed E-state index contributed by atoms with van der Waals surface area (Å²) in [6.07, 6.45) is 11.0. The number of nitrogens with zero attached hydrogens (tertiary/aromatic N) is 5. The van der Waals surface area contributed by atoms with Crippen LogP contribution in [-0.2, 0) is 6.54 Å². The Hall–Kier alpha value is -2.50. The lowest BCUT2D eigenvalue weighted by molar-refractivity contribution is 0.410. The van der Waals surface area contributed by atoms with Crippen LogP contribution in [0.15, 0.2) is 41.6 Å². The fourth-order valence-electron chi connectivity index (χ4n) is 2.46. The van der Waals surface area contributed by atoms with Gasteiger partial charge in [0.2, 0.25) is 0 Å². The molecule has 3 aromatic heterocycles. The third-order valence-electron chi connectivity index (χ3n) is 3.91. The summed E-state index contributed by atoms with van der Waals surface area (Å²) in [5, 5.41) is 3.99. The minimum atomic E-state index is 0.512. The van der Waals surface area contributed by atoms with E-state index in [1.54, 1.807) is 12.5 Å². The Morgan fingerprint density at radius 3 is 2.90 bits per heavy atom. The highest BCUT2D eigenvalue weighted by molar-refractivity contribution is 5.51. The van der Waals surface area contributed by atoms with Crippen LogP contribution in [0.4, 0.5) is 0 Å². The molecule has 0 bridgehead atoms. The molecular formula is C15H15N5O. The number of pyridine rings is 1. The zero-order chi connectivity index (χ0) is 14.1. The molecule has 3 aromatic rings. The minimum Gasteiger partial charge on any atom is -0.334 e. The molecule has 0 radical (unpaired) electrons. The Morgan fingerprint density at radius 2 is 2.24 bits per heavy atom. The van der Waals surface area contributed by atoms with Crippen LogP contribution >= 0.6 is 0 Å². The van der Waals surface area contributed by atoms with E-state index in [0.717, 1.165) is 5.56 Å². The van der Waals surface area contributed by atoms with E-state index in [0.29, 0.717) is 24.2 Å².